The Hall–Kier alpha value is -2.42. The van der Waals surface area contributed by atoms with E-state index >= 15 is 0 Å². The number of nitro groups is 2. The maximum Gasteiger partial charge on any atom is 0.324 e. The van der Waals surface area contributed by atoms with Crippen molar-refractivity contribution in [3.63, 3.8) is 0 Å². The van der Waals surface area contributed by atoms with Gasteiger partial charge in [-0.15, -0.1) is 0 Å². The van der Waals surface area contributed by atoms with Crippen molar-refractivity contribution in [1.82, 2.24) is 4.90 Å². The molecule has 0 unspecified atom stereocenters. The van der Waals surface area contributed by atoms with Gasteiger partial charge >= 0.3 is 5.69 Å². The summed E-state index contributed by atoms with van der Waals surface area (Å²) in [5.74, 6) is -0.974. The molecule has 0 aliphatic rings. The Morgan fingerprint density at radius 2 is 1.90 bits per heavy atom. The molecule has 0 atom stereocenters. The van der Waals surface area contributed by atoms with E-state index in [0.717, 1.165) is 6.07 Å². The molecule has 1 N–H and O–H groups in total. The van der Waals surface area contributed by atoms with Crippen molar-refractivity contribution in [2.24, 2.45) is 0 Å². The number of phenols is 1. The van der Waals surface area contributed by atoms with Gasteiger partial charge in [0.1, 0.15) is 5.56 Å². The second kappa shape index (κ2) is 6.84. The predicted octanol–water partition coefficient (Wildman–Crippen LogP) is 1.71. The average Bonchev–Trinajstić information content (AvgIpc) is 2.37. The molecule has 0 radical (unpaired) electrons. The number of nitro benzene ring substituents is 2. The second-order valence-corrected chi connectivity index (χ2v) is 4.69. The van der Waals surface area contributed by atoms with Crippen LogP contribution in [0.1, 0.15) is 12.0 Å². The first-order valence-electron chi connectivity index (χ1n) is 6.16. The molecule has 0 aliphatic heterocycles. The van der Waals surface area contributed by atoms with Crippen molar-refractivity contribution < 1.29 is 19.7 Å². The smallest absolute Gasteiger partial charge is 0.324 e. The summed E-state index contributed by atoms with van der Waals surface area (Å²) < 4.78 is 4.76. The van der Waals surface area contributed by atoms with E-state index in [-0.39, 0.29) is 17.7 Å². The van der Waals surface area contributed by atoms with Crippen LogP contribution in [0.25, 0.3) is 0 Å². The van der Waals surface area contributed by atoms with E-state index in [1.54, 1.807) is 0 Å². The van der Waals surface area contributed by atoms with Crippen molar-refractivity contribution >= 4 is 11.4 Å². The van der Waals surface area contributed by atoms with Crippen LogP contribution in [0, 0.1) is 20.2 Å². The Balaban J connectivity index is 3.38. The lowest BCUT2D eigenvalue weighted by Gasteiger charge is -2.11. The van der Waals surface area contributed by atoms with Crippen LogP contribution in [-0.4, -0.2) is 47.6 Å². The fourth-order valence-electron chi connectivity index (χ4n) is 1.99. The second-order valence-electron chi connectivity index (χ2n) is 4.69. The molecule has 1 aromatic rings. The summed E-state index contributed by atoms with van der Waals surface area (Å²) in [6.45, 7) is 0.612. The van der Waals surface area contributed by atoms with E-state index in [2.05, 4.69) is 0 Å². The zero-order valence-electron chi connectivity index (χ0n) is 12.0. The number of phenolic OH excluding ortho intramolecular Hbond substituents is 1. The molecular weight excluding hydrogens is 282 g/mol. The first-order chi connectivity index (χ1) is 9.79. The van der Waals surface area contributed by atoms with Gasteiger partial charge in [-0.25, -0.2) is 0 Å². The topological polar surface area (TPSA) is 119 Å². The van der Waals surface area contributed by atoms with E-state index in [4.69, 9.17) is 4.74 Å². The molecule has 0 saturated heterocycles. The van der Waals surface area contributed by atoms with Crippen molar-refractivity contribution in [2.75, 3.05) is 27.7 Å². The summed E-state index contributed by atoms with van der Waals surface area (Å²) in [5.41, 5.74) is -1.18. The fraction of sp³-hybridized carbons (Fsp3) is 0.500. The minimum Gasteiger partial charge on any atom is -0.500 e. The summed E-state index contributed by atoms with van der Waals surface area (Å²) in [6, 6.07) is 1.01. The molecule has 0 heterocycles. The monoisotopic (exact) mass is 299 g/mol. The Bertz CT molecular complexity index is 558. The maximum atomic E-state index is 11.1. The summed E-state index contributed by atoms with van der Waals surface area (Å²) >= 11 is 0. The van der Waals surface area contributed by atoms with Crippen LogP contribution < -0.4 is 4.74 Å². The van der Waals surface area contributed by atoms with Gasteiger partial charge < -0.3 is 14.7 Å². The summed E-state index contributed by atoms with van der Waals surface area (Å²) in [5, 5.41) is 32.1. The Morgan fingerprint density at radius 1 is 1.29 bits per heavy atom. The average molecular weight is 299 g/mol. The van der Waals surface area contributed by atoms with Gasteiger partial charge in [-0.2, -0.15) is 0 Å². The Morgan fingerprint density at radius 3 is 2.33 bits per heavy atom. The summed E-state index contributed by atoms with van der Waals surface area (Å²) in [7, 11) is 4.83. The third kappa shape index (κ3) is 3.78. The van der Waals surface area contributed by atoms with Crippen LogP contribution >= 0.6 is 0 Å². The summed E-state index contributed by atoms with van der Waals surface area (Å²) in [4.78, 5) is 22.6. The number of methoxy groups -OCH3 is 1. The van der Waals surface area contributed by atoms with Crippen LogP contribution in [0.2, 0.25) is 0 Å². The van der Waals surface area contributed by atoms with Gasteiger partial charge in [-0.05, 0) is 33.5 Å². The number of benzene rings is 1. The van der Waals surface area contributed by atoms with Gasteiger partial charge in [0.15, 0.2) is 5.75 Å². The normalized spacial score (nSPS) is 10.7. The molecule has 0 saturated carbocycles. The SMILES string of the molecule is COc1cc([N+](=O)[O-])c(CCCN(C)C)c([N+](=O)[O-])c1O. The molecule has 0 aliphatic carbocycles. The number of rotatable bonds is 7. The first-order valence-corrected chi connectivity index (χ1v) is 6.16. The van der Waals surface area contributed by atoms with E-state index in [1.165, 1.54) is 7.11 Å². The highest BCUT2D eigenvalue weighted by atomic mass is 16.6. The zero-order chi connectivity index (χ0) is 16.2. The van der Waals surface area contributed by atoms with E-state index in [9.17, 15) is 25.3 Å². The highest BCUT2D eigenvalue weighted by molar-refractivity contribution is 5.67. The largest absolute Gasteiger partial charge is 0.500 e. The third-order valence-electron chi connectivity index (χ3n) is 2.95. The van der Waals surface area contributed by atoms with Gasteiger partial charge in [0.05, 0.1) is 23.0 Å². The van der Waals surface area contributed by atoms with Crippen molar-refractivity contribution in [3.05, 3.63) is 31.9 Å². The highest BCUT2D eigenvalue weighted by Crippen LogP contribution is 2.44. The van der Waals surface area contributed by atoms with Crippen LogP contribution in [0.5, 0.6) is 11.5 Å². The molecular formula is C12H17N3O6. The lowest BCUT2D eigenvalue weighted by molar-refractivity contribution is -0.396. The molecule has 116 valence electrons. The number of hydrogen-bond donors (Lipinski definition) is 1. The third-order valence-corrected chi connectivity index (χ3v) is 2.95. The standard InChI is InChI=1S/C12H17N3O6/c1-13(2)6-4-5-8-9(14(17)18)7-10(21-3)12(16)11(8)15(19)20/h7,16H,4-6H2,1-3H3. The molecule has 0 spiro atoms. The van der Waals surface area contributed by atoms with Crippen molar-refractivity contribution in [2.45, 2.75) is 12.8 Å². The molecule has 0 amide bonds. The molecule has 0 aromatic heterocycles. The predicted molar refractivity (Wildman–Crippen MR) is 74.8 cm³/mol. The molecule has 0 fully saturated rings. The zero-order valence-corrected chi connectivity index (χ0v) is 12.0. The van der Waals surface area contributed by atoms with Gasteiger partial charge in [-0.1, -0.05) is 0 Å². The molecule has 1 aromatic carbocycles. The van der Waals surface area contributed by atoms with Crippen LogP contribution in [0.3, 0.4) is 0 Å². The van der Waals surface area contributed by atoms with Gasteiger partial charge in [0.2, 0.25) is 5.75 Å². The van der Waals surface area contributed by atoms with E-state index in [1.807, 2.05) is 19.0 Å². The van der Waals surface area contributed by atoms with E-state index in [0.29, 0.717) is 13.0 Å². The minimum atomic E-state index is -0.824. The molecule has 0 bridgehead atoms. The quantitative estimate of drug-likeness (QED) is 0.601. The number of nitrogens with zero attached hydrogens (tertiary/aromatic N) is 3. The lowest BCUT2D eigenvalue weighted by Crippen LogP contribution is -2.14. The first kappa shape index (κ1) is 16.6. The Kier molecular flexibility index (Phi) is 5.42. The number of ether oxygens (including phenoxy) is 1. The highest BCUT2D eigenvalue weighted by Gasteiger charge is 2.32. The lowest BCUT2D eigenvalue weighted by atomic mass is 10.0. The van der Waals surface area contributed by atoms with E-state index < -0.39 is 27.0 Å². The molecule has 21 heavy (non-hydrogen) atoms. The van der Waals surface area contributed by atoms with Crippen molar-refractivity contribution in [1.29, 1.82) is 0 Å². The van der Waals surface area contributed by atoms with Gasteiger partial charge in [-0.3, -0.25) is 20.2 Å². The van der Waals surface area contributed by atoms with Crippen LogP contribution in [-0.2, 0) is 6.42 Å². The summed E-state index contributed by atoms with van der Waals surface area (Å²) in [6.07, 6.45) is 0.600. The minimum absolute atomic E-state index is 0.0925. The molecule has 9 nitrogen and oxygen atoms in total. The van der Waals surface area contributed by atoms with Gasteiger partial charge in [0, 0.05) is 0 Å². The van der Waals surface area contributed by atoms with Gasteiger partial charge in [0.25, 0.3) is 5.69 Å². The Labute approximate surface area is 121 Å². The van der Waals surface area contributed by atoms with Crippen molar-refractivity contribution in [3.8, 4) is 11.5 Å². The number of aromatic hydroxyl groups is 1. The molecule has 9 heteroatoms. The van der Waals surface area contributed by atoms with Crippen LogP contribution in [0.15, 0.2) is 6.07 Å². The molecule has 1 rings (SSSR count). The fourth-order valence-corrected chi connectivity index (χ4v) is 1.99. The number of hydrogen-bond acceptors (Lipinski definition) is 7. The van der Waals surface area contributed by atoms with Crippen LogP contribution in [0.4, 0.5) is 11.4 Å². The maximum absolute atomic E-state index is 11.1.